The lowest BCUT2D eigenvalue weighted by Gasteiger charge is -2.35. The van der Waals surface area contributed by atoms with Crippen LogP contribution in [-0.4, -0.2) is 31.2 Å². The third kappa shape index (κ3) is 4.05. The molecule has 1 amide bonds. The third-order valence-electron chi connectivity index (χ3n) is 5.42. The van der Waals surface area contributed by atoms with Crippen molar-refractivity contribution in [3.8, 4) is 0 Å². The smallest absolute Gasteiger partial charge is 0.240 e. The molecule has 0 radical (unpaired) electrons. The van der Waals surface area contributed by atoms with Gasteiger partial charge in [0.2, 0.25) is 5.91 Å². The van der Waals surface area contributed by atoms with E-state index in [-0.39, 0.29) is 23.7 Å². The van der Waals surface area contributed by atoms with Gasteiger partial charge < -0.3 is 15.8 Å². The number of carbonyl (C=O) groups is 1. The fourth-order valence-corrected chi connectivity index (χ4v) is 4.02. The summed E-state index contributed by atoms with van der Waals surface area (Å²) in [7, 11) is 0. The minimum Gasteiger partial charge on any atom is -0.381 e. The molecule has 1 aliphatic heterocycles. The molecule has 0 aromatic heterocycles. The lowest BCUT2D eigenvalue weighted by molar-refractivity contribution is -0.130. The van der Waals surface area contributed by atoms with Crippen molar-refractivity contribution in [1.29, 1.82) is 0 Å². The van der Waals surface area contributed by atoms with Crippen molar-refractivity contribution in [2.24, 2.45) is 5.73 Å². The van der Waals surface area contributed by atoms with Crippen molar-refractivity contribution in [2.75, 3.05) is 19.8 Å². The van der Waals surface area contributed by atoms with E-state index < -0.39 is 5.54 Å². The topological polar surface area (TPSA) is 64.4 Å². The van der Waals surface area contributed by atoms with Crippen LogP contribution in [0.25, 0.3) is 0 Å². The van der Waals surface area contributed by atoms with Crippen LogP contribution in [0.3, 0.4) is 0 Å². The molecule has 2 aliphatic rings. The Morgan fingerprint density at radius 2 is 1.88 bits per heavy atom. The summed E-state index contributed by atoms with van der Waals surface area (Å²) in [6.07, 6.45) is 5.70. The first-order valence-electron chi connectivity index (χ1n) is 8.45. The van der Waals surface area contributed by atoms with Gasteiger partial charge in [0.1, 0.15) is 0 Å². The van der Waals surface area contributed by atoms with Gasteiger partial charge in [0, 0.05) is 30.2 Å². The Morgan fingerprint density at radius 1 is 1.21 bits per heavy atom. The van der Waals surface area contributed by atoms with Gasteiger partial charge in [0.05, 0.1) is 5.54 Å². The van der Waals surface area contributed by atoms with Gasteiger partial charge in [0.25, 0.3) is 0 Å². The highest BCUT2D eigenvalue weighted by Gasteiger charge is 2.40. The molecule has 2 fully saturated rings. The second-order valence-electron chi connectivity index (χ2n) is 6.95. The molecule has 0 unspecified atom stereocenters. The minimum absolute atomic E-state index is 0. The fourth-order valence-electron chi connectivity index (χ4n) is 3.83. The Bertz CT molecular complexity index is 568. The number of rotatable bonds is 4. The SMILES string of the molecule is Cl.NC1(C(=O)NCC2(c3cccc(Cl)c3)CCCC2)CCOCC1. The number of nitrogens with two attached hydrogens (primary N) is 1. The Balaban J connectivity index is 0.00000208. The first-order valence-corrected chi connectivity index (χ1v) is 8.83. The molecule has 1 heterocycles. The predicted molar refractivity (Wildman–Crippen MR) is 98.8 cm³/mol. The molecule has 1 aromatic carbocycles. The number of nitrogens with one attached hydrogen (secondary N) is 1. The minimum atomic E-state index is -0.785. The van der Waals surface area contributed by atoms with Gasteiger partial charge in [-0.2, -0.15) is 0 Å². The summed E-state index contributed by atoms with van der Waals surface area (Å²) in [5, 5.41) is 3.88. The number of benzene rings is 1. The van der Waals surface area contributed by atoms with Gasteiger partial charge in [0.15, 0.2) is 0 Å². The van der Waals surface area contributed by atoms with Gasteiger partial charge in [-0.05, 0) is 43.4 Å². The Morgan fingerprint density at radius 3 is 2.50 bits per heavy atom. The molecule has 0 bridgehead atoms. The number of halogens is 2. The molecule has 6 heteroatoms. The van der Waals surface area contributed by atoms with Gasteiger partial charge >= 0.3 is 0 Å². The quantitative estimate of drug-likeness (QED) is 0.852. The normalized spacial score (nSPS) is 21.8. The van der Waals surface area contributed by atoms with Gasteiger partial charge in [-0.1, -0.05) is 36.6 Å². The molecule has 3 N–H and O–H groups in total. The van der Waals surface area contributed by atoms with E-state index in [0.29, 0.717) is 32.6 Å². The average molecular weight is 373 g/mol. The lowest BCUT2D eigenvalue weighted by atomic mass is 9.78. The lowest BCUT2D eigenvalue weighted by Crippen LogP contribution is -2.58. The van der Waals surface area contributed by atoms with Crippen molar-refractivity contribution in [3.05, 3.63) is 34.9 Å². The zero-order valence-electron chi connectivity index (χ0n) is 13.9. The van der Waals surface area contributed by atoms with Crippen molar-refractivity contribution in [3.63, 3.8) is 0 Å². The van der Waals surface area contributed by atoms with E-state index in [4.69, 9.17) is 22.1 Å². The number of hydrogen-bond acceptors (Lipinski definition) is 3. The van der Waals surface area contributed by atoms with Crippen molar-refractivity contribution >= 4 is 29.9 Å². The van der Waals surface area contributed by atoms with Crippen molar-refractivity contribution < 1.29 is 9.53 Å². The van der Waals surface area contributed by atoms with Crippen molar-refractivity contribution in [1.82, 2.24) is 5.32 Å². The number of hydrogen-bond donors (Lipinski definition) is 2. The first kappa shape index (κ1) is 19.5. The van der Waals surface area contributed by atoms with Gasteiger partial charge in [-0.15, -0.1) is 12.4 Å². The molecule has 4 nitrogen and oxygen atoms in total. The molecule has 134 valence electrons. The number of ether oxygens (including phenoxy) is 1. The molecule has 0 spiro atoms. The zero-order valence-corrected chi connectivity index (χ0v) is 15.4. The maximum atomic E-state index is 12.6. The predicted octanol–water partition coefficient (Wildman–Crippen LogP) is 3.20. The molecule has 1 saturated heterocycles. The Kier molecular flexibility index (Phi) is 6.54. The van der Waals surface area contributed by atoms with E-state index in [1.54, 1.807) is 0 Å². The highest BCUT2D eigenvalue weighted by Crippen LogP contribution is 2.41. The molecule has 24 heavy (non-hydrogen) atoms. The van der Waals surface area contributed by atoms with Crippen LogP contribution in [0.1, 0.15) is 44.1 Å². The van der Waals surface area contributed by atoms with Crippen LogP contribution in [0.2, 0.25) is 5.02 Å². The Labute approximate surface area is 154 Å². The summed E-state index contributed by atoms with van der Waals surface area (Å²) < 4.78 is 5.32. The molecule has 0 atom stereocenters. The molecule has 1 saturated carbocycles. The summed E-state index contributed by atoms with van der Waals surface area (Å²) in [5.74, 6) is -0.0471. The van der Waals surface area contributed by atoms with Crippen LogP contribution in [0.15, 0.2) is 24.3 Å². The molecular weight excluding hydrogens is 347 g/mol. The van der Waals surface area contributed by atoms with Crippen LogP contribution in [0.5, 0.6) is 0 Å². The van der Waals surface area contributed by atoms with E-state index in [2.05, 4.69) is 11.4 Å². The van der Waals surface area contributed by atoms with E-state index in [0.717, 1.165) is 17.9 Å². The first-order chi connectivity index (χ1) is 11.0. The maximum absolute atomic E-state index is 12.6. The second kappa shape index (κ2) is 8.05. The van der Waals surface area contributed by atoms with E-state index >= 15 is 0 Å². The summed E-state index contributed by atoms with van der Waals surface area (Å²) in [6.45, 7) is 1.75. The van der Waals surface area contributed by atoms with E-state index in [1.807, 2.05) is 18.2 Å². The largest absolute Gasteiger partial charge is 0.381 e. The standard InChI is InChI=1S/C18H25ClN2O2.ClH/c19-15-5-3-4-14(12-15)17(6-1-2-7-17)13-21-16(22)18(20)8-10-23-11-9-18;/h3-5,12H,1-2,6-11,13,20H2,(H,21,22);1H. The molecular formula is C18H26Cl2N2O2. The van der Waals surface area contributed by atoms with E-state index in [9.17, 15) is 4.79 Å². The highest BCUT2D eigenvalue weighted by molar-refractivity contribution is 6.30. The van der Waals surface area contributed by atoms with Crippen LogP contribution in [0, 0.1) is 0 Å². The fraction of sp³-hybridized carbons (Fsp3) is 0.611. The second-order valence-corrected chi connectivity index (χ2v) is 7.39. The monoisotopic (exact) mass is 372 g/mol. The van der Waals surface area contributed by atoms with Crippen LogP contribution in [-0.2, 0) is 14.9 Å². The number of amides is 1. The van der Waals surface area contributed by atoms with Crippen LogP contribution in [0.4, 0.5) is 0 Å². The third-order valence-corrected chi connectivity index (χ3v) is 5.66. The van der Waals surface area contributed by atoms with Crippen LogP contribution >= 0.6 is 24.0 Å². The maximum Gasteiger partial charge on any atom is 0.240 e. The summed E-state index contributed by atoms with van der Waals surface area (Å²) in [6, 6.07) is 8.04. The van der Waals surface area contributed by atoms with E-state index in [1.165, 1.54) is 18.4 Å². The molecule has 3 rings (SSSR count). The van der Waals surface area contributed by atoms with Gasteiger partial charge in [-0.25, -0.2) is 0 Å². The number of carbonyl (C=O) groups excluding carboxylic acids is 1. The molecule has 1 aromatic rings. The average Bonchev–Trinajstić information content (AvgIpc) is 3.03. The van der Waals surface area contributed by atoms with Crippen molar-refractivity contribution in [2.45, 2.75) is 49.5 Å². The highest BCUT2D eigenvalue weighted by atomic mass is 35.5. The summed E-state index contributed by atoms with van der Waals surface area (Å²) in [4.78, 5) is 12.6. The zero-order chi connectivity index (χ0) is 16.3. The summed E-state index contributed by atoms with van der Waals surface area (Å²) in [5.41, 5.74) is 6.71. The Hall–Kier alpha value is -0.810. The summed E-state index contributed by atoms with van der Waals surface area (Å²) >= 11 is 6.17. The van der Waals surface area contributed by atoms with Gasteiger partial charge in [-0.3, -0.25) is 4.79 Å². The van der Waals surface area contributed by atoms with Crippen LogP contribution < -0.4 is 11.1 Å². The molecule has 1 aliphatic carbocycles.